The Morgan fingerprint density at radius 2 is 2.29 bits per heavy atom. The largest absolute Gasteiger partial charge is 0.481 e. The van der Waals surface area contributed by atoms with Crippen molar-refractivity contribution in [3.05, 3.63) is 29.1 Å². The van der Waals surface area contributed by atoms with Gasteiger partial charge in [0, 0.05) is 5.69 Å². The molecule has 0 saturated carbocycles. The van der Waals surface area contributed by atoms with Crippen LogP contribution in [-0.4, -0.2) is 16.1 Å². The summed E-state index contributed by atoms with van der Waals surface area (Å²) in [5.41, 5.74) is 3.06. The maximum atomic E-state index is 10.8. The van der Waals surface area contributed by atoms with Crippen LogP contribution in [0, 0.1) is 0 Å². The summed E-state index contributed by atoms with van der Waals surface area (Å²) in [5, 5.41) is 8.84. The van der Waals surface area contributed by atoms with E-state index in [1.165, 1.54) is 5.56 Å². The van der Waals surface area contributed by atoms with Crippen molar-refractivity contribution in [3.63, 3.8) is 0 Å². The van der Waals surface area contributed by atoms with Gasteiger partial charge in [-0.1, -0.05) is 6.07 Å². The molecule has 1 unspecified atom stereocenters. The van der Waals surface area contributed by atoms with Gasteiger partial charge in [0.25, 0.3) is 0 Å². The number of aromatic nitrogens is 1. The van der Waals surface area contributed by atoms with Crippen LogP contribution in [0.15, 0.2) is 12.1 Å². The van der Waals surface area contributed by atoms with Gasteiger partial charge >= 0.3 is 5.97 Å². The highest BCUT2D eigenvalue weighted by molar-refractivity contribution is 5.74. The minimum Gasteiger partial charge on any atom is -0.481 e. The lowest BCUT2D eigenvalue weighted by Gasteiger charge is -2.07. The second-order valence-corrected chi connectivity index (χ2v) is 3.76. The Morgan fingerprint density at radius 1 is 1.50 bits per heavy atom. The molecule has 0 aliphatic heterocycles. The minimum absolute atomic E-state index is 0.499. The Kier molecular flexibility index (Phi) is 2.23. The molecule has 14 heavy (non-hydrogen) atoms. The van der Waals surface area contributed by atoms with Crippen LogP contribution in [0.5, 0.6) is 0 Å². The van der Waals surface area contributed by atoms with Gasteiger partial charge in [-0.2, -0.15) is 0 Å². The first-order chi connectivity index (χ1) is 6.68. The highest BCUT2D eigenvalue weighted by atomic mass is 16.4. The fraction of sp³-hybridized carbons (Fsp3) is 0.455. The van der Waals surface area contributed by atoms with Crippen molar-refractivity contribution in [2.45, 2.75) is 32.1 Å². The molecule has 1 heterocycles. The van der Waals surface area contributed by atoms with Crippen molar-refractivity contribution >= 4 is 5.97 Å². The summed E-state index contributed by atoms with van der Waals surface area (Å²) < 4.78 is 0. The number of nitrogens with zero attached hydrogens (tertiary/aromatic N) is 1. The van der Waals surface area contributed by atoms with Gasteiger partial charge in [-0.25, -0.2) is 0 Å². The molecule has 0 aromatic carbocycles. The van der Waals surface area contributed by atoms with Gasteiger partial charge in [0.15, 0.2) is 0 Å². The quantitative estimate of drug-likeness (QED) is 0.774. The Hall–Kier alpha value is -1.38. The number of aliphatic carboxylic acids is 1. The smallest absolute Gasteiger partial charge is 0.312 e. The van der Waals surface area contributed by atoms with Crippen LogP contribution in [0.3, 0.4) is 0 Å². The number of fused-ring (bicyclic) bond motifs is 1. The maximum Gasteiger partial charge on any atom is 0.312 e. The van der Waals surface area contributed by atoms with E-state index in [-0.39, 0.29) is 0 Å². The molecule has 1 atom stereocenters. The van der Waals surface area contributed by atoms with Gasteiger partial charge in [0.2, 0.25) is 0 Å². The number of aryl methyl sites for hydroxylation is 2. The van der Waals surface area contributed by atoms with Crippen LogP contribution < -0.4 is 0 Å². The molecule has 0 spiro atoms. The zero-order valence-corrected chi connectivity index (χ0v) is 8.16. The molecule has 3 heteroatoms. The van der Waals surface area contributed by atoms with Crippen molar-refractivity contribution in [3.8, 4) is 0 Å². The molecule has 1 aromatic rings. The average Bonchev–Trinajstić information content (AvgIpc) is 2.62. The summed E-state index contributed by atoms with van der Waals surface area (Å²) >= 11 is 0. The van der Waals surface area contributed by atoms with Gasteiger partial charge in [0.1, 0.15) is 0 Å². The predicted molar refractivity (Wildman–Crippen MR) is 52.3 cm³/mol. The Bertz CT molecular complexity index is 374. The zero-order chi connectivity index (χ0) is 10.1. The van der Waals surface area contributed by atoms with E-state index >= 15 is 0 Å². The number of hydrogen-bond donors (Lipinski definition) is 1. The Morgan fingerprint density at radius 3 is 3.00 bits per heavy atom. The highest BCUT2D eigenvalue weighted by Crippen LogP contribution is 2.22. The van der Waals surface area contributed by atoms with E-state index in [2.05, 4.69) is 4.98 Å². The number of carboxylic acid groups (broad SMARTS) is 1. The lowest BCUT2D eigenvalue weighted by molar-refractivity contribution is -0.138. The third kappa shape index (κ3) is 1.50. The van der Waals surface area contributed by atoms with E-state index < -0.39 is 11.9 Å². The second-order valence-electron chi connectivity index (χ2n) is 3.76. The Balaban J connectivity index is 2.33. The topological polar surface area (TPSA) is 50.2 Å². The number of carbonyl (C=O) groups is 1. The third-order valence-electron chi connectivity index (χ3n) is 2.76. The van der Waals surface area contributed by atoms with E-state index in [9.17, 15) is 4.79 Å². The van der Waals surface area contributed by atoms with E-state index in [4.69, 9.17) is 5.11 Å². The van der Waals surface area contributed by atoms with Crippen molar-refractivity contribution in [2.75, 3.05) is 0 Å². The van der Waals surface area contributed by atoms with Crippen LogP contribution in [0.25, 0.3) is 0 Å². The zero-order valence-electron chi connectivity index (χ0n) is 8.16. The van der Waals surface area contributed by atoms with Gasteiger partial charge in [-0.05, 0) is 37.8 Å². The standard InChI is InChI=1S/C11H13NO2/c1-7(11(13)14)9-6-5-8-3-2-4-10(8)12-9/h5-7H,2-4H2,1H3,(H,13,14). The molecule has 0 saturated heterocycles. The minimum atomic E-state index is -0.810. The molecule has 3 nitrogen and oxygen atoms in total. The van der Waals surface area contributed by atoms with Crippen molar-refractivity contribution < 1.29 is 9.90 Å². The molecule has 1 N–H and O–H groups in total. The monoisotopic (exact) mass is 191 g/mol. The van der Waals surface area contributed by atoms with Gasteiger partial charge in [-0.15, -0.1) is 0 Å². The van der Waals surface area contributed by atoms with E-state index in [1.54, 1.807) is 6.92 Å². The lowest BCUT2D eigenvalue weighted by atomic mass is 10.1. The average molecular weight is 191 g/mol. The first-order valence-electron chi connectivity index (χ1n) is 4.90. The summed E-state index contributed by atoms with van der Waals surface area (Å²) in [6.45, 7) is 1.67. The fourth-order valence-corrected chi connectivity index (χ4v) is 1.81. The maximum absolute atomic E-state index is 10.8. The number of rotatable bonds is 2. The molecule has 1 aliphatic rings. The van der Waals surface area contributed by atoms with E-state index in [0.29, 0.717) is 5.69 Å². The number of hydrogen-bond acceptors (Lipinski definition) is 2. The number of pyridine rings is 1. The molecule has 1 aromatic heterocycles. The molecule has 0 radical (unpaired) electrons. The molecule has 0 fully saturated rings. The molecule has 0 bridgehead atoms. The van der Waals surface area contributed by atoms with Crippen molar-refractivity contribution in [1.82, 2.24) is 4.98 Å². The molecular formula is C11H13NO2. The predicted octanol–water partition coefficient (Wildman–Crippen LogP) is 1.76. The molecular weight excluding hydrogens is 178 g/mol. The molecule has 0 amide bonds. The molecule has 2 rings (SSSR count). The molecule has 1 aliphatic carbocycles. The Labute approximate surface area is 82.8 Å². The molecule has 74 valence electrons. The van der Waals surface area contributed by atoms with Crippen LogP contribution in [0.2, 0.25) is 0 Å². The van der Waals surface area contributed by atoms with Gasteiger partial charge in [0.05, 0.1) is 11.6 Å². The van der Waals surface area contributed by atoms with Crippen LogP contribution >= 0.6 is 0 Å². The SMILES string of the molecule is CC(C(=O)O)c1ccc2c(n1)CCC2. The second kappa shape index (κ2) is 3.40. The number of carboxylic acids is 1. The third-order valence-corrected chi connectivity index (χ3v) is 2.76. The summed E-state index contributed by atoms with van der Waals surface area (Å²) in [4.78, 5) is 15.2. The summed E-state index contributed by atoms with van der Waals surface area (Å²) in [7, 11) is 0. The summed E-state index contributed by atoms with van der Waals surface area (Å²) in [6, 6.07) is 3.85. The highest BCUT2D eigenvalue weighted by Gasteiger charge is 2.18. The fourth-order valence-electron chi connectivity index (χ4n) is 1.81. The van der Waals surface area contributed by atoms with Crippen LogP contribution in [0.1, 0.15) is 36.2 Å². The van der Waals surface area contributed by atoms with Crippen LogP contribution in [-0.2, 0) is 17.6 Å². The van der Waals surface area contributed by atoms with Gasteiger partial charge in [-0.3, -0.25) is 9.78 Å². The van der Waals surface area contributed by atoms with Crippen LogP contribution in [0.4, 0.5) is 0 Å². The summed E-state index contributed by atoms with van der Waals surface area (Å²) in [6.07, 6.45) is 3.23. The normalized spacial score (nSPS) is 16.4. The first kappa shape index (κ1) is 9.19. The summed E-state index contributed by atoms with van der Waals surface area (Å²) in [5.74, 6) is -1.31. The first-order valence-corrected chi connectivity index (χ1v) is 4.90. The van der Waals surface area contributed by atoms with Crippen molar-refractivity contribution in [2.24, 2.45) is 0 Å². The van der Waals surface area contributed by atoms with Crippen molar-refractivity contribution in [1.29, 1.82) is 0 Å². The van der Waals surface area contributed by atoms with Gasteiger partial charge < -0.3 is 5.11 Å². The lowest BCUT2D eigenvalue weighted by Crippen LogP contribution is -2.10. The van der Waals surface area contributed by atoms with E-state index in [1.807, 2.05) is 12.1 Å². The van der Waals surface area contributed by atoms with E-state index in [0.717, 1.165) is 25.0 Å².